The highest BCUT2D eigenvalue weighted by atomic mass is 32.1. The number of likely N-dealkylation sites (tertiary alicyclic amines) is 1. The smallest absolute Gasteiger partial charge is 0.267 e. The van der Waals surface area contributed by atoms with Gasteiger partial charge in [0.25, 0.3) is 5.91 Å². The molecule has 1 fully saturated rings. The van der Waals surface area contributed by atoms with E-state index in [1.807, 2.05) is 23.6 Å². The number of thiophene rings is 1. The predicted octanol–water partition coefficient (Wildman–Crippen LogP) is 1.94. The zero-order valence-electron chi connectivity index (χ0n) is 12.9. The molecule has 0 spiro atoms. The Kier molecular flexibility index (Phi) is 4.90. The molecule has 3 heterocycles. The van der Waals surface area contributed by atoms with Crippen molar-refractivity contribution in [2.75, 3.05) is 13.1 Å². The maximum absolute atomic E-state index is 12.2. The molecule has 2 aromatic heterocycles. The third-order valence-electron chi connectivity index (χ3n) is 3.68. The number of pyridine rings is 1. The summed E-state index contributed by atoms with van der Waals surface area (Å²) in [6.07, 6.45) is 5.53. The Bertz CT molecular complexity index is 758. The highest BCUT2D eigenvalue weighted by molar-refractivity contribution is 7.10. The predicted molar refractivity (Wildman–Crippen MR) is 91.7 cm³/mol. The fourth-order valence-corrected chi connectivity index (χ4v) is 3.10. The summed E-state index contributed by atoms with van der Waals surface area (Å²) >= 11 is 1.59. The minimum atomic E-state index is -0.595. The number of ether oxygens (including phenoxy) is 1. The molecular formula is C17H17N3O3S. The maximum Gasteiger partial charge on any atom is 0.267 e. The molecule has 7 heteroatoms. The first-order valence-electron chi connectivity index (χ1n) is 7.55. The van der Waals surface area contributed by atoms with Crippen LogP contribution in [0.4, 0.5) is 0 Å². The van der Waals surface area contributed by atoms with Crippen LogP contribution in [-0.4, -0.2) is 40.9 Å². The monoisotopic (exact) mass is 343 g/mol. The van der Waals surface area contributed by atoms with Crippen molar-refractivity contribution in [1.82, 2.24) is 9.88 Å². The largest absolute Gasteiger partial charge is 0.488 e. The average molecular weight is 343 g/mol. The van der Waals surface area contributed by atoms with Gasteiger partial charge in [0, 0.05) is 36.2 Å². The van der Waals surface area contributed by atoms with Gasteiger partial charge in [-0.15, -0.1) is 11.3 Å². The first kappa shape index (κ1) is 16.2. The number of primary amides is 1. The maximum atomic E-state index is 12.2. The van der Waals surface area contributed by atoms with Crippen LogP contribution < -0.4 is 10.5 Å². The van der Waals surface area contributed by atoms with E-state index in [4.69, 9.17) is 10.5 Å². The van der Waals surface area contributed by atoms with Crippen molar-refractivity contribution < 1.29 is 14.3 Å². The Morgan fingerprint density at radius 2 is 2.29 bits per heavy atom. The molecule has 1 aliphatic rings. The molecule has 2 N–H and O–H groups in total. The minimum Gasteiger partial charge on any atom is -0.488 e. The van der Waals surface area contributed by atoms with E-state index in [1.54, 1.807) is 28.4 Å². The van der Waals surface area contributed by atoms with Crippen LogP contribution in [-0.2, 0) is 4.79 Å². The Balaban J connectivity index is 1.56. The van der Waals surface area contributed by atoms with Gasteiger partial charge in [-0.1, -0.05) is 6.07 Å². The van der Waals surface area contributed by atoms with E-state index in [0.29, 0.717) is 18.8 Å². The van der Waals surface area contributed by atoms with E-state index in [1.165, 1.54) is 12.3 Å². The van der Waals surface area contributed by atoms with Gasteiger partial charge in [0.1, 0.15) is 17.5 Å². The lowest BCUT2D eigenvalue weighted by molar-refractivity contribution is -0.125. The van der Waals surface area contributed by atoms with Gasteiger partial charge in [-0.3, -0.25) is 14.6 Å². The lowest BCUT2D eigenvalue weighted by Gasteiger charge is -2.16. The van der Waals surface area contributed by atoms with Crippen molar-refractivity contribution in [3.05, 3.63) is 52.5 Å². The van der Waals surface area contributed by atoms with E-state index in [-0.39, 0.29) is 17.7 Å². The summed E-state index contributed by atoms with van der Waals surface area (Å²) in [5.74, 6) is -0.0864. The molecule has 2 amide bonds. The second-order valence-electron chi connectivity index (χ2n) is 5.40. The molecule has 0 aliphatic carbocycles. The fourth-order valence-electron chi connectivity index (χ4n) is 2.48. The minimum absolute atomic E-state index is 0.0259. The van der Waals surface area contributed by atoms with Crippen LogP contribution in [0.5, 0.6) is 5.75 Å². The molecule has 0 radical (unpaired) electrons. The van der Waals surface area contributed by atoms with Crippen molar-refractivity contribution >= 4 is 29.2 Å². The summed E-state index contributed by atoms with van der Waals surface area (Å²) in [7, 11) is 0. The van der Waals surface area contributed by atoms with Gasteiger partial charge in [0.15, 0.2) is 0 Å². The van der Waals surface area contributed by atoms with Crippen LogP contribution in [0.2, 0.25) is 0 Å². The van der Waals surface area contributed by atoms with Gasteiger partial charge in [0.2, 0.25) is 5.91 Å². The summed E-state index contributed by atoms with van der Waals surface area (Å²) in [6, 6.07) is 7.10. The lowest BCUT2D eigenvalue weighted by atomic mass is 10.3. The van der Waals surface area contributed by atoms with E-state index in [2.05, 4.69) is 4.98 Å². The van der Waals surface area contributed by atoms with Gasteiger partial charge in [-0.25, -0.2) is 0 Å². The topological polar surface area (TPSA) is 85.5 Å². The zero-order chi connectivity index (χ0) is 16.9. The molecule has 1 aliphatic heterocycles. The quantitative estimate of drug-likeness (QED) is 0.841. The summed E-state index contributed by atoms with van der Waals surface area (Å²) in [6.45, 7) is 1.16. The summed E-state index contributed by atoms with van der Waals surface area (Å²) in [5.41, 5.74) is 5.37. The first-order chi connectivity index (χ1) is 11.6. The third-order valence-corrected chi connectivity index (χ3v) is 4.51. The van der Waals surface area contributed by atoms with Crippen molar-refractivity contribution in [3.63, 3.8) is 0 Å². The second kappa shape index (κ2) is 7.27. The van der Waals surface area contributed by atoms with E-state index < -0.39 is 5.91 Å². The van der Waals surface area contributed by atoms with Gasteiger partial charge in [-0.2, -0.15) is 0 Å². The molecule has 2 aromatic rings. The van der Waals surface area contributed by atoms with Crippen molar-refractivity contribution in [2.45, 2.75) is 12.5 Å². The summed E-state index contributed by atoms with van der Waals surface area (Å²) < 4.78 is 5.83. The highest BCUT2D eigenvalue weighted by Crippen LogP contribution is 2.19. The Labute approximate surface area is 143 Å². The van der Waals surface area contributed by atoms with Gasteiger partial charge < -0.3 is 15.4 Å². The van der Waals surface area contributed by atoms with Crippen LogP contribution >= 0.6 is 11.3 Å². The molecule has 0 saturated carbocycles. The van der Waals surface area contributed by atoms with Crippen LogP contribution in [0.15, 0.2) is 41.9 Å². The Morgan fingerprint density at radius 1 is 1.42 bits per heavy atom. The molecule has 0 aromatic carbocycles. The number of carbonyl (C=O) groups excluding carboxylic acids is 2. The molecule has 1 unspecified atom stereocenters. The number of rotatable bonds is 5. The van der Waals surface area contributed by atoms with Crippen LogP contribution in [0.1, 0.15) is 21.8 Å². The SMILES string of the molecule is NC(=O)c1cc(OC2CCN(C(=O)/C=C/c3cccs3)C2)ccn1. The number of nitrogens with two attached hydrogens (primary N) is 1. The van der Waals surface area contributed by atoms with Crippen molar-refractivity contribution in [1.29, 1.82) is 0 Å². The van der Waals surface area contributed by atoms with Gasteiger partial charge in [-0.05, 0) is 23.6 Å². The highest BCUT2D eigenvalue weighted by Gasteiger charge is 2.26. The molecule has 1 atom stereocenters. The van der Waals surface area contributed by atoms with E-state index in [0.717, 1.165) is 11.3 Å². The second-order valence-corrected chi connectivity index (χ2v) is 6.38. The van der Waals surface area contributed by atoms with Crippen LogP contribution in [0.3, 0.4) is 0 Å². The number of nitrogens with zero attached hydrogens (tertiary/aromatic N) is 2. The first-order valence-corrected chi connectivity index (χ1v) is 8.43. The molecule has 0 bridgehead atoms. The average Bonchev–Trinajstić information content (AvgIpc) is 3.24. The lowest BCUT2D eigenvalue weighted by Crippen LogP contribution is -2.29. The number of carbonyl (C=O) groups is 2. The number of hydrogen-bond acceptors (Lipinski definition) is 5. The van der Waals surface area contributed by atoms with Gasteiger partial charge in [0.05, 0.1) is 6.54 Å². The number of amides is 2. The fraction of sp³-hybridized carbons (Fsp3) is 0.235. The molecule has 3 rings (SSSR count). The number of aromatic nitrogens is 1. The number of hydrogen-bond donors (Lipinski definition) is 1. The van der Waals surface area contributed by atoms with Crippen molar-refractivity contribution in [2.24, 2.45) is 5.73 Å². The Hall–Kier alpha value is -2.67. The molecule has 24 heavy (non-hydrogen) atoms. The Morgan fingerprint density at radius 3 is 3.04 bits per heavy atom. The van der Waals surface area contributed by atoms with Crippen molar-refractivity contribution in [3.8, 4) is 5.75 Å². The molecule has 6 nitrogen and oxygen atoms in total. The van der Waals surface area contributed by atoms with E-state index in [9.17, 15) is 9.59 Å². The summed E-state index contributed by atoms with van der Waals surface area (Å²) in [5, 5.41) is 1.97. The van der Waals surface area contributed by atoms with Crippen LogP contribution in [0, 0.1) is 0 Å². The van der Waals surface area contributed by atoms with E-state index >= 15 is 0 Å². The van der Waals surface area contributed by atoms with Crippen LogP contribution in [0.25, 0.3) is 6.08 Å². The summed E-state index contributed by atoms with van der Waals surface area (Å²) in [4.78, 5) is 30.0. The standard InChI is InChI=1S/C17H17N3O3S/c18-17(22)15-10-12(5-7-19-15)23-13-6-8-20(11-13)16(21)4-3-14-2-1-9-24-14/h1-5,7,9-10,13H,6,8,11H2,(H2,18,22)/b4-3+. The molecular weight excluding hydrogens is 326 g/mol. The molecule has 124 valence electrons. The third kappa shape index (κ3) is 3.99. The normalized spacial score (nSPS) is 17.3. The van der Waals surface area contributed by atoms with Gasteiger partial charge >= 0.3 is 0 Å². The zero-order valence-corrected chi connectivity index (χ0v) is 13.7. The molecule has 1 saturated heterocycles.